The monoisotopic (exact) mass is 279 g/mol. The Balaban J connectivity index is 2.19. The highest BCUT2D eigenvalue weighted by atomic mass is 16.5. The summed E-state index contributed by atoms with van der Waals surface area (Å²) in [6.07, 6.45) is 1.84. The van der Waals surface area contributed by atoms with E-state index in [1.807, 2.05) is 12.1 Å². The molecule has 0 fully saturated rings. The fourth-order valence-electron chi connectivity index (χ4n) is 1.75. The van der Waals surface area contributed by atoms with E-state index in [1.165, 1.54) is 5.56 Å². The fraction of sp³-hybridized carbons (Fsp3) is 0.647. The molecule has 0 aliphatic heterocycles. The smallest absolute Gasteiger partial charge is 0.119 e. The first kappa shape index (κ1) is 17.0. The average Bonchev–Trinajstić information content (AvgIpc) is 2.41. The summed E-state index contributed by atoms with van der Waals surface area (Å²) in [6, 6.07) is 8.49. The van der Waals surface area contributed by atoms with E-state index < -0.39 is 0 Å². The lowest BCUT2D eigenvalue weighted by molar-refractivity contribution is 0.107. The highest BCUT2D eigenvalue weighted by Crippen LogP contribution is 2.24. The molecule has 1 atom stereocenters. The van der Waals surface area contributed by atoms with E-state index in [9.17, 15) is 0 Å². The molecule has 0 aliphatic carbocycles. The number of hydrogen-bond donors (Lipinski definition) is 1. The SMILES string of the molecule is CCC(N)COCCCOc1ccc(C(C)(C)C)cc1. The predicted molar refractivity (Wildman–Crippen MR) is 84.3 cm³/mol. The zero-order valence-electron chi connectivity index (χ0n) is 13.3. The lowest BCUT2D eigenvalue weighted by Crippen LogP contribution is -2.25. The molecule has 3 heteroatoms. The van der Waals surface area contributed by atoms with Crippen LogP contribution < -0.4 is 10.5 Å². The molecule has 2 N–H and O–H groups in total. The molecule has 0 amide bonds. The summed E-state index contributed by atoms with van der Waals surface area (Å²) in [5.41, 5.74) is 7.28. The second-order valence-electron chi connectivity index (χ2n) is 6.22. The molecule has 0 saturated carbocycles. The maximum Gasteiger partial charge on any atom is 0.119 e. The molecule has 3 nitrogen and oxygen atoms in total. The van der Waals surface area contributed by atoms with E-state index in [-0.39, 0.29) is 11.5 Å². The van der Waals surface area contributed by atoms with Crippen LogP contribution in [0.5, 0.6) is 5.75 Å². The fourth-order valence-corrected chi connectivity index (χ4v) is 1.75. The van der Waals surface area contributed by atoms with Crippen molar-refractivity contribution in [3.8, 4) is 5.75 Å². The Hall–Kier alpha value is -1.06. The Bertz CT molecular complexity index is 368. The molecule has 1 aromatic carbocycles. The Kier molecular flexibility index (Phi) is 7.03. The molecule has 1 unspecified atom stereocenters. The van der Waals surface area contributed by atoms with Crippen LogP contribution in [-0.4, -0.2) is 25.9 Å². The topological polar surface area (TPSA) is 44.5 Å². The molecule has 0 aromatic heterocycles. The van der Waals surface area contributed by atoms with Gasteiger partial charge in [0, 0.05) is 19.1 Å². The second-order valence-corrected chi connectivity index (χ2v) is 6.22. The van der Waals surface area contributed by atoms with Gasteiger partial charge < -0.3 is 15.2 Å². The van der Waals surface area contributed by atoms with Crippen molar-refractivity contribution in [3.05, 3.63) is 29.8 Å². The first-order chi connectivity index (χ1) is 9.43. The highest BCUT2D eigenvalue weighted by Gasteiger charge is 2.12. The molecule has 0 radical (unpaired) electrons. The molecule has 1 aromatic rings. The average molecular weight is 279 g/mol. The molecule has 0 heterocycles. The summed E-state index contributed by atoms with van der Waals surface area (Å²) >= 11 is 0. The van der Waals surface area contributed by atoms with Gasteiger partial charge in [0.2, 0.25) is 0 Å². The summed E-state index contributed by atoms with van der Waals surface area (Å²) in [6.45, 7) is 10.7. The van der Waals surface area contributed by atoms with E-state index in [2.05, 4.69) is 39.8 Å². The van der Waals surface area contributed by atoms with Crippen LogP contribution in [0.2, 0.25) is 0 Å². The minimum atomic E-state index is 0.154. The summed E-state index contributed by atoms with van der Waals surface area (Å²) in [4.78, 5) is 0. The number of benzene rings is 1. The maximum atomic E-state index is 5.77. The molecule has 0 saturated heterocycles. The first-order valence-electron chi connectivity index (χ1n) is 7.50. The maximum absolute atomic E-state index is 5.77. The number of hydrogen-bond acceptors (Lipinski definition) is 3. The highest BCUT2D eigenvalue weighted by molar-refractivity contribution is 5.31. The van der Waals surface area contributed by atoms with Crippen LogP contribution in [0, 0.1) is 0 Å². The lowest BCUT2D eigenvalue weighted by Gasteiger charge is -2.19. The lowest BCUT2D eigenvalue weighted by atomic mass is 9.87. The van der Waals surface area contributed by atoms with Crippen molar-refractivity contribution in [3.63, 3.8) is 0 Å². The minimum absolute atomic E-state index is 0.154. The van der Waals surface area contributed by atoms with Crippen molar-refractivity contribution < 1.29 is 9.47 Å². The van der Waals surface area contributed by atoms with Gasteiger partial charge in [-0.15, -0.1) is 0 Å². The van der Waals surface area contributed by atoms with Gasteiger partial charge in [-0.3, -0.25) is 0 Å². The summed E-state index contributed by atoms with van der Waals surface area (Å²) < 4.78 is 11.2. The van der Waals surface area contributed by atoms with E-state index in [0.717, 1.165) is 18.6 Å². The molecule has 114 valence electrons. The van der Waals surface area contributed by atoms with Gasteiger partial charge in [-0.1, -0.05) is 39.8 Å². The third-order valence-electron chi connectivity index (χ3n) is 3.28. The van der Waals surface area contributed by atoms with E-state index in [1.54, 1.807) is 0 Å². The van der Waals surface area contributed by atoms with Crippen LogP contribution in [0.15, 0.2) is 24.3 Å². The summed E-state index contributed by atoms with van der Waals surface area (Å²) in [7, 11) is 0. The van der Waals surface area contributed by atoms with Crippen molar-refractivity contribution >= 4 is 0 Å². The predicted octanol–water partition coefficient (Wildman–Crippen LogP) is 3.51. The van der Waals surface area contributed by atoms with Gasteiger partial charge in [0.05, 0.1) is 13.2 Å². The van der Waals surface area contributed by atoms with E-state index in [0.29, 0.717) is 19.8 Å². The molecular formula is C17H29NO2. The number of ether oxygens (including phenoxy) is 2. The van der Waals surface area contributed by atoms with Gasteiger partial charge >= 0.3 is 0 Å². The summed E-state index contributed by atoms with van der Waals surface area (Å²) in [5.74, 6) is 0.920. The van der Waals surface area contributed by atoms with Gasteiger partial charge in [0.1, 0.15) is 5.75 Å². The Morgan fingerprint density at radius 1 is 1.10 bits per heavy atom. The van der Waals surface area contributed by atoms with Crippen LogP contribution in [-0.2, 0) is 10.2 Å². The van der Waals surface area contributed by atoms with Crippen LogP contribution in [0.4, 0.5) is 0 Å². The number of nitrogens with two attached hydrogens (primary N) is 1. The Morgan fingerprint density at radius 2 is 1.75 bits per heavy atom. The van der Waals surface area contributed by atoms with Crippen LogP contribution in [0.3, 0.4) is 0 Å². The van der Waals surface area contributed by atoms with Gasteiger partial charge in [-0.05, 0) is 29.5 Å². The van der Waals surface area contributed by atoms with Crippen molar-refractivity contribution in [2.75, 3.05) is 19.8 Å². The van der Waals surface area contributed by atoms with Crippen molar-refractivity contribution in [2.45, 2.75) is 52.0 Å². The zero-order chi connectivity index (χ0) is 15.0. The second kappa shape index (κ2) is 8.28. The minimum Gasteiger partial charge on any atom is -0.494 e. The van der Waals surface area contributed by atoms with Crippen molar-refractivity contribution in [1.29, 1.82) is 0 Å². The van der Waals surface area contributed by atoms with Gasteiger partial charge in [-0.25, -0.2) is 0 Å². The van der Waals surface area contributed by atoms with Crippen LogP contribution in [0.1, 0.15) is 46.1 Å². The molecular weight excluding hydrogens is 250 g/mol. The molecule has 0 spiro atoms. The van der Waals surface area contributed by atoms with Crippen molar-refractivity contribution in [2.24, 2.45) is 5.73 Å². The molecule has 1 rings (SSSR count). The van der Waals surface area contributed by atoms with Crippen LogP contribution >= 0.6 is 0 Å². The van der Waals surface area contributed by atoms with Crippen LogP contribution in [0.25, 0.3) is 0 Å². The molecule has 0 aliphatic rings. The Morgan fingerprint density at radius 3 is 2.30 bits per heavy atom. The largest absolute Gasteiger partial charge is 0.494 e. The third kappa shape index (κ3) is 6.40. The quantitative estimate of drug-likeness (QED) is 0.741. The van der Waals surface area contributed by atoms with E-state index in [4.69, 9.17) is 15.2 Å². The molecule has 0 bridgehead atoms. The Labute approximate surface area is 123 Å². The summed E-state index contributed by atoms with van der Waals surface area (Å²) in [5, 5.41) is 0. The van der Waals surface area contributed by atoms with Gasteiger partial charge in [0.25, 0.3) is 0 Å². The van der Waals surface area contributed by atoms with Gasteiger partial charge in [-0.2, -0.15) is 0 Å². The standard InChI is InChI=1S/C17H29NO2/c1-5-15(18)13-19-11-6-12-20-16-9-7-14(8-10-16)17(2,3)4/h7-10,15H,5-6,11-13,18H2,1-4H3. The first-order valence-corrected chi connectivity index (χ1v) is 7.50. The normalized spacial score (nSPS) is 13.2. The van der Waals surface area contributed by atoms with E-state index >= 15 is 0 Å². The van der Waals surface area contributed by atoms with Gasteiger partial charge in [0.15, 0.2) is 0 Å². The number of rotatable bonds is 8. The third-order valence-corrected chi connectivity index (χ3v) is 3.28. The molecule has 20 heavy (non-hydrogen) atoms. The van der Waals surface area contributed by atoms with Crippen molar-refractivity contribution in [1.82, 2.24) is 0 Å². The zero-order valence-corrected chi connectivity index (χ0v) is 13.3.